The Kier molecular flexibility index (Phi) is 8.18. The third-order valence-corrected chi connectivity index (χ3v) is 6.83. The number of nitrogens with zero attached hydrogens (tertiary/aromatic N) is 4. The van der Waals surface area contributed by atoms with Crippen molar-refractivity contribution in [3.63, 3.8) is 0 Å². The van der Waals surface area contributed by atoms with Crippen LogP contribution in [0.1, 0.15) is 44.4 Å². The molecule has 0 aliphatic heterocycles. The van der Waals surface area contributed by atoms with Crippen LogP contribution in [-0.4, -0.2) is 46.6 Å². The number of carbonyl (C=O) groups is 2. The van der Waals surface area contributed by atoms with Crippen molar-refractivity contribution in [1.29, 1.82) is 0 Å². The van der Waals surface area contributed by atoms with Crippen LogP contribution in [0.4, 0.5) is 5.69 Å². The van der Waals surface area contributed by atoms with Crippen LogP contribution in [-0.2, 0) is 16.1 Å². The van der Waals surface area contributed by atoms with E-state index >= 15 is 0 Å². The lowest BCUT2D eigenvalue weighted by molar-refractivity contribution is -0.128. The van der Waals surface area contributed by atoms with E-state index in [0.29, 0.717) is 34.7 Å². The van der Waals surface area contributed by atoms with Crippen molar-refractivity contribution in [3.05, 3.63) is 77.9 Å². The number of hydrogen-bond donors (Lipinski definition) is 1. The second-order valence-corrected chi connectivity index (χ2v) is 10.1. The highest BCUT2D eigenvalue weighted by atomic mass is 16.5. The van der Waals surface area contributed by atoms with Crippen molar-refractivity contribution in [3.8, 4) is 11.5 Å². The number of para-hydroxylation sites is 2. The molecule has 3 aromatic carbocycles. The fourth-order valence-corrected chi connectivity index (χ4v) is 4.47. The minimum absolute atomic E-state index is 0.123. The van der Waals surface area contributed by atoms with E-state index in [1.165, 1.54) is 19.1 Å². The summed E-state index contributed by atoms with van der Waals surface area (Å²) >= 11 is 0. The normalized spacial score (nSPS) is 12.2. The molecule has 1 atom stereocenters. The highest BCUT2D eigenvalue weighted by molar-refractivity contribution is 6.02. The number of nitrogens with one attached hydrogen (secondary N) is 1. The molecule has 0 spiro atoms. The summed E-state index contributed by atoms with van der Waals surface area (Å²) in [7, 11) is 3.06. The first-order valence-electron chi connectivity index (χ1n) is 12.9. The van der Waals surface area contributed by atoms with E-state index in [4.69, 9.17) is 9.47 Å². The maximum atomic E-state index is 14.3. The van der Waals surface area contributed by atoms with Gasteiger partial charge in [0.1, 0.15) is 18.1 Å². The zero-order valence-electron chi connectivity index (χ0n) is 23.3. The Morgan fingerprint density at radius 1 is 1.03 bits per heavy atom. The monoisotopic (exact) mass is 529 g/mol. The predicted molar refractivity (Wildman–Crippen MR) is 151 cm³/mol. The van der Waals surface area contributed by atoms with Crippen LogP contribution in [0.5, 0.6) is 11.5 Å². The second kappa shape index (κ2) is 11.6. The van der Waals surface area contributed by atoms with Crippen LogP contribution in [0.2, 0.25) is 0 Å². The summed E-state index contributed by atoms with van der Waals surface area (Å²) in [6, 6.07) is 19.2. The fraction of sp³-hybridized carbons (Fsp3) is 0.333. The molecule has 4 aromatic rings. The fourth-order valence-electron chi connectivity index (χ4n) is 4.47. The Morgan fingerprint density at radius 3 is 2.46 bits per heavy atom. The first kappa shape index (κ1) is 27.6. The van der Waals surface area contributed by atoms with Gasteiger partial charge < -0.3 is 14.8 Å². The SMILES string of the molecule is CCC(C)(C)NC(=O)[C@@H](c1cccc(OC)c1OC)N(C(=O)Cn1nnc2ccccc21)c1cccc(C)c1. The van der Waals surface area contributed by atoms with Gasteiger partial charge >= 0.3 is 0 Å². The Bertz CT molecular complexity index is 1480. The molecule has 0 aliphatic rings. The van der Waals surface area contributed by atoms with Crippen LogP contribution < -0.4 is 19.7 Å². The highest BCUT2D eigenvalue weighted by Gasteiger charge is 2.37. The van der Waals surface area contributed by atoms with Gasteiger partial charge in [-0.3, -0.25) is 14.5 Å². The molecule has 2 amide bonds. The number of carbonyl (C=O) groups excluding carboxylic acids is 2. The lowest BCUT2D eigenvalue weighted by Crippen LogP contribution is -2.51. The molecule has 9 heteroatoms. The molecule has 1 aromatic heterocycles. The molecular weight excluding hydrogens is 494 g/mol. The maximum absolute atomic E-state index is 14.3. The molecule has 39 heavy (non-hydrogen) atoms. The van der Waals surface area contributed by atoms with Crippen molar-refractivity contribution in [2.75, 3.05) is 19.1 Å². The Hall–Kier alpha value is -4.40. The number of benzene rings is 3. The zero-order chi connectivity index (χ0) is 28.2. The van der Waals surface area contributed by atoms with Crippen LogP contribution in [0.3, 0.4) is 0 Å². The first-order valence-corrected chi connectivity index (χ1v) is 12.9. The Morgan fingerprint density at radius 2 is 1.77 bits per heavy atom. The minimum atomic E-state index is -1.06. The van der Waals surface area contributed by atoms with Crippen molar-refractivity contribution >= 4 is 28.5 Å². The summed E-state index contributed by atoms with van der Waals surface area (Å²) in [5.41, 5.74) is 2.92. The maximum Gasteiger partial charge on any atom is 0.249 e. The van der Waals surface area contributed by atoms with Crippen LogP contribution in [0, 0.1) is 6.92 Å². The zero-order valence-corrected chi connectivity index (χ0v) is 23.3. The van der Waals surface area contributed by atoms with Gasteiger partial charge in [-0.05, 0) is 63.1 Å². The molecule has 0 unspecified atom stereocenters. The van der Waals surface area contributed by atoms with E-state index in [-0.39, 0.29) is 18.4 Å². The van der Waals surface area contributed by atoms with E-state index < -0.39 is 11.6 Å². The Balaban J connectivity index is 1.90. The number of amides is 2. The molecule has 0 saturated heterocycles. The van der Waals surface area contributed by atoms with Gasteiger partial charge in [-0.15, -0.1) is 5.10 Å². The van der Waals surface area contributed by atoms with Crippen LogP contribution in [0.25, 0.3) is 11.0 Å². The van der Waals surface area contributed by atoms with Crippen molar-refractivity contribution in [2.24, 2.45) is 0 Å². The van der Waals surface area contributed by atoms with Crippen molar-refractivity contribution < 1.29 is 19.1 Å². The standard InChI is InChI=1S/C30H35N5O4/c1-7-30(3,4)31-29(37)27(22-14-11-17-25(38-5)28(22)39-6)35(21-13-10-12-20(2)18-21)26(36)19-34-24-16-9-8-15-23(24)32-33-34/h8-18,27H,7,19H2,1-6H3,(H,31,37)/t27-/m1/s1. The second-order valence-electron chi connectivity index (χ2n) is 10.1. The molecule has 0 aliphatic carbocycles. The third kappa shape index (κ3) is 5.87. The molecule has 0 bridgehead atoms. The smallest absolute Gasteiger partial charge is 0.249 e. The number of methoxy groups -OCH3 is 2. The number of rotatable bonds is 10. The third-order valence-electron chi connectivity index (χ3n) is 6.83. The van der Waals surface area contributed by atoms with Gasteiger partial charge in [0.15, 0.2) is 11.5 Å². The van der Waals surface area contributed by atoms with Gasteiger partial charge in [-0.25, -0.2) is 4.68 Å². The van der Waals surface area contributed by atoms with Gasteiger partial charge in [0, 0.05) is 16.8 Å². The van der Waals surface area contributed by atoms with Gasteiger partial charge in [0.05, 0.1) is 19.7 Å². The molecule has 9 nitrogen and oxygen atoms in total. The molecule has 0 radical (unpaired) electrons. The highest BCUT2D eigenvalue weighted by Crippen LogP contribution is 2.39. The number of fused-ring (bicyclic) bond motifs is 1. The number of hydrogen-bond acceptors (Lipinski definition) is 6. The Labute approximate surface area is 228 Å². The summed E-state index contributed by atoms with van der Waals surface area (Å²) in [5, 5.41) is 11.5. The van der Waals surface area contributed by atoms with Gasteiger partial charge in [0.25, 0.3) is 0 Å². The summed E-state index contributed by atoms with van der Waals surface area (Å²) < 4.78 is 12.8. The topological polar surface area (TPSA) is 98.6 Å². The number of aromatic nitrogens is 3. The van der Waals surface area contributed by atoms with Gasteiger partial charge in [-0.2, -0.15) is 0 Å². The quantitative estimate of drug-likeness (QED) is 0.316. The summed E-state index contributed by atoms with van der Waals surface area (Å²) in [6.45, 7) is 7.72. The number of aryl methyl sites for hydroxylation is 1. The lowest BCUT2D eigenvalue weighted by Gasteiger charge is -2.35. The van der Waals surface area contributed by atoms with Crippen LogP contribution in [0.15, 0.2) is 66.7 Å². The summed E-state index contributed by atoms with van der Waals surface area (Å²) in [4.78, 5) is 29.9. The lowest BCUT2D eigenvalue weighted by atomic mass is 9.97. The van der Waals surface area contributed by atoms with Gasteiger partial charge in [0.2, 0.25) is 11.8 Å². The van der Waals surface area contributed by atoms with Crippen LogP contribution >= 0.6 is 0 Å². The molecule has 4 rings (SSSR count). The minimum Gasteiger partial charge on any atom is -0.493 e. The van der Waals surface area contributed by atoms with Crippen molar-refractivity contribution in [2.45, 2.75) is 52.2 Å². The summed E-state index contributed by atoms with van der Waals surface area (Å²) in [5.74, 6) is 0.162. The molecule has 1 N–H and O–H groups in total. The van der Waals surface area contributed by atoms with E-state index in [9.17, 15) is 9.59 Å². The summed E-state index contributed by atoms with van der Waals surface area (Å²) in [6.07, 6.45) is 0.698. The van der Waals surface area contributed by atoms with E-state index in [0.717, 1.165) is 11.1 Å². The average Bonchev–Trinajstić information content (AvgIpc) is 3.33. The molecule has 1 heterocycles. The van der Waals surface area contributed by atoms with Gasteiger partial charge in [-0.1, -0.05) is 48.5 Å². The predicted octanol–water partition coefficient (Wildman–Crippen LogP) is 4.84. The molecule has 0 fully saturated rings. The average molecular weight is 530 g/mol. The van der Waals surface area contributed by atoms with E-state index in [1.807, 2.05) is 76.2 Å². The first-order chi connectivity index (χ1) is 18.7. The van der Waals surface area contributed by atoms with Crippen molar-refractivity contribution in [1.82, 2.24) is 20.3 Å². The number of anilines is 1. The van der Waals surface area contributed by atoms with E-state index in [1.54, 1.807) is 22.9 Å². The number of ether oxygens (including phenoxy) is 2. The molecule has 204 valence electrons. The van der Waals surface area contributed by atoms with E-state index in [2.05, 4.69) is 15.6 Å². The molecule has 0 saturated carbocycles. The largest absolute Gasteiger partial charge is 0.493 e. The molecular formula is C30H35N5O4.